The molecule has 5 heteroatoms. The van der Waals surface area contributed by atoms with E-state index in [2.05, 4.69) is 22.1 Å². The Morgan fingerprint density at radius 2 is 2.56 bits per heavy atom. The first-order chi connectivity index (χ1) is 7.83. The summed E-state index contributed by atoms with van der Waals surface area (Å²) < 4.78 is 5.36. The lowest BCUT2D eigenvalue weighted by Crippen LogP contribution is -2.21. The van der Waals surface area contributed by atoms with Gasteiger partial charge in [0.15, 0.2) is 5.13 Å². The predicted octanol–water partition coefficient (Wildman–Crippen LogP) is 1.48. The third-order valence-corrected chi connectivity index (χ3v) is 3.90. The van der Waals surface area contributed by atoms with Gasteiger partial charge in [-0.2, -0.15) is 0 Å². The van der Waals surface area contributed by atoms with Crippen molar-refractivity contribution in [2.24, 2.45) is 0 Å². The highest BCUT2D eigenvalue weighted by molar-refractivity contribution is 7.15. The molecule has 1 N–H and O–H groups in total. The quantitative estimate of drug-likeness (QED) is 0.847. The summed E-state index contributed by atoms with van der Waals surface area (Å²) in [6, 6.07) is 0. The molecular weight excluding hydrogens is 222 g/mol. The summed E-state index contributed by atoms with van der Waals surface area (Å²) in [6.07, 6.45) is 3.46. The Morgan fingerprint density at radius 3 is 3.25 bits per heavy atom. The number of rotatable bonds is 5. The fourth-order valence-corrected chi connectivity index (χ4v) is 2.78. The zero-order chi connectivity index (χ0) is 11.4. The summed E-state index contributed by atoms with van der Waals surface area (Å²) in [4.78, 5) is 8.09. The third kappa shape index (κ3) is 2.72. The van der Waals surface area contributed by atoms with Crippen molar-refractivity contribution in [2.45, 2.75) is 26.0 Å². The Morgan fingerprint density at radius 1 is 1.69 bits per heavy atom. The van der Waals surface area contributed by atoms with E-state index in [0.29, 0.717) is 6.10 Å². The molecule has 0 spiro atoms. The second-order valence-electron chi connectivity index (χ2n) is 3.98. The van der Waals surface area contributed by atoms with Crippen LogP contribution in [0.3, 0.4) is 0 Å². The Kier molecular flexibility index (Phi) is 4.15. The molecule has 1 saturated heterocycles. The second kappa shape index (κ2) is 5.61. The average molecular weight is 241 g/mol. The van der Waals surface area contributed by atoms with Gasteiger partial charge in [-0.3, -0.25) is 0 Å². The zero-order valence-electron chi connectivity index (χ0n) is 9.90. The summed E-state index contributed by atoms with van der Waals surface area (Å²) in [5.74, 6) is 0. The van der Waals surface area contributed by atoms with E-state index in [-0.39, 0.29) is 0 Å². The zero-order valence-corrected chi connectivity index (χ0v) is 10.7. The van der Waals surface area contributed by atoms with Gasteiger partial charge in [-0.15, -0.1) is 11.3 Å². The van der Waals surface area contributed by atoms with Crippen molar-refractivity contribution in [3.63, 3.8) is 0 Å². The van der Waals surface area contributed by atoms with E-state index >= 15 is 0 Å². The Bertz CT molecular complexity index is 329. The maximum Gasteiger partial charge on any atom is 0.185 e. The molecule has 1 atom stereocenters. The molecule has 0 aliphatic carbocycles. The summed E-state index contributed by atoms with van der Waals surface area (Å²) in [7, 11) is 1.78. The Labute approximate surface area is 101 Å². The third-order valence-electron chi connectivity index (χ3n) is 2.84. The van der Waals surface area contributed by atoms with Crippen LogP contribution in [0.4, 0.5) is 5.13 Å². The van der Waals surface area contributed by atoms with Gasteiger partial charge in [-0.1, -0.05) is 6.92 Å². The predicted molar refractivity (Wildman–Crippen MR) is 67.1 cm³/mol. The van der Waals surface area contributed by atoms with E-state index in [4.69, 9.17) is 4.74 Å². The molecule has 1 aliphatic rings. The Balaban J connectivity index is 1.92. The van der Waals surface area contributed by atoms with Crippen molar-refractivity contribution in [1.82, 2.24) is 10.3 Å². The summed E-state index contributed by atoms with van der Waals surface area (Å²) >= 11 is 1.78. The van der Waals surface area contributed by atoms with Gasteiger partial charge in [-0.25, -0.2) is 4.98 Å². The first-order valence-electron chi connectivity index (χ1n) is 5.76. The molecule has 16 heavy (non-hydrogen) atoms. The summed E-state index contributed by atoms with van der Waals surface area (Å²) in [5, 5.41) is 4.45. The van der Waals surface area contributed by atoms with E-state index in [0.717, 1.165) is 37.7 Å². The molecule has 1 fully saturated rings. The lowest BCUT2D eigenvalue weighted by Gasteiger charge is -2.13. The van der Waals surface area contributed by atoms with Crippen LogP contribution in [-0.2, 0) is 11.3 Å². The molecule has 0 aromatic carbocycles. The van der Waals surface area contributed by atoms with E-state index in [1.807, 2.05) is 6.20 Å². The first-order valence-corrected chi connectivity index (χ1v) is 6.58. The molecule has 0 bridgehead atoms. The lowest BCUT2D eigenvalue weighted by atomic mass is 10.3. The number of nitrogens with zero attached hydrogens (tertiary/aromatic N) is 2. The maximum absolute atomic E-state index is 5.36. The normalized spacial score (nSPS) is 20.6. The molecule has 4 nitrogen and oxygen atoms in total. The fraction of sp³-hybridized carbons (Fsp3) is 0.727. The summed E-state index contributed by atoms with van der Waals surface area (Å²) in [6.45, 7) is 6.08. The van der Waals surface area contributed by atoms with E-state index in [9.17, 15) is 0 Å². The molecule has 90 valence electrons. The fourth-order valence-electron chi connectivity index (χ4n) is 1.87. The standard InChI is InChI=1S/C11H19N3OS/c1-3-12-6-10-7-13-11(16-10)14-5-4-9(8-14)15-2/h7,9,12H,3-6,8H2,1-2H3. The van der Waals surface area contributed by atoms with Gasteiger partial charge in [0, 0.05) is 37.8 Å². The number of anilines is 1. The number of nitrogens with one attached hydrogen (secondary N) is 1. The van der Waals surface area contributed by atoms with Crippen molar-refractivity contribution in [3.8, 4) is 0 Å². The Hall–Kier alpha value is -0.650. The number of thiazole rings is 1. The minimum Gasteiger partial charge on any atom is -0.380 e. The van der Waals surface area contributed by atoms with Crippen LogP contribution in [0.1, 0.15) is 18.2 Å². The van der Waals surface area contributed by atoms with Crippen molar-refractivity contribution < 1.29 is 4.74 Å². The van der Waals surface area contributed by atoms with Crippen LogP contribution >= 0.6 is 11.3 Å². The molecular formula is C11H19N3OS. The van der Waals surface area contributed by atoms with Crippen LogP contribution in [0.5, 0.6) is 0 Å². The van der Waals surface area contributed by atoms with Crippen LogP contribution in [0.25, 0.3) is 0 Å². The number of aromatic nitrogens is 1. The van der Waals surface area contributed by atoms with Crippen molar-refractivity contribution >= 4 is 16.5 Å². The largest absolute Gasteiger partial charge is 0.380 e. The molecule has 2 heterocycles. The second-order valence-corrected chi connectivity index (χ2v) is 5.08. The van der Waals surface area contributed by atoms with Crippen LogP contribution in [0, 0.1) is 0 Å². The van der Waals surface area contributed by atoms with Gasteiger partial charge >= 0.3 is 0 Å². The van der Waals surface area contributed by atoms with Crippen LogP contribution in [-0.4, -0.2) is 37.8 Å². The van der Waals surface area contributed by atoms with Gasteiger partial charge in [0.2, 0.25) is 0 Å². The van der Waals surface area contributed by atoms with E-state index in [1.54, 1.807) is 18.4 Å². The van der Waals surface area contributed by atoms with Crippen molar-refractivity contribution in [2.75, 3.05) is 31.6 Å². The lowest BCUT2D eigenvalue weighted by molar-refractivity contribution is 0.121. The minimum absolute atomic E-state index is 0.376. The molecule has 0 amide bonds. The number of ether oxygens (including phenoxy) is 1. The van der Waals surface area contributed by atoms with Crippen molar-refractivity contribution in [1.29, 1.82) is 0 Å². The molecule has 1 aromatic rings. The van der Waals surface area contributed by atoms with Gasteiger partial charge in [0.1, 0.15) is 0 Å². The number of methoxy groups -OCH3 is 1. The molecule has 0 radical (unpaired) electrons. The highest BCUT2D eigenvalue weighted by atomic mass is 32.1. The molecule has 1 unspecified atom stereocenters. The van der Waals surface area contributed by atoms with E-state index in [1.165, 1.54) is 4.88 Å². The van der Waals surface area contributed by atoms with Crippen LogP contribution < -0.4 is 10.2 Å². The monoisotopic (exact) mass is 241 g/mol. The number of hydrogen-bond donors (Lipinski definition) is 1. The highest BCUT2D eigenvalue weighted by Crippen LogP contribution is 2.26. The van der Waals surface area contributed by atoms with Crippen LogP contribution in [0.15, 0.2) is 6.20 Å². The topological polar surface area (TPSA) is 37.4 Å². The minimum atomic E-state index is 0.376. The molecule has 2 rings (SSSR count). The first kappa shape index (κ1) is 11.8. The van der Waals surface area contributed by atoms with Gasteiger partial charge in [-0.05, 0) is 13.0 Å². The van der Waals surface area contributed by atoms with E-state index < -0.39 is 0 Å². The number of hydrogen-bond acceptors (Lipinski definition) is 5. The van der Waals surface area contributed by atoms with Gasteiger partial charge in [0.05, 0.1) is 6.10 Å². The SMILES string of the molecule is CCNCc1cnc(N2CCC(OC)C2)s1. The molecule has 1 aliphatic heterocycles. The van der Waals surface area contributed by atoms with Crippen molar-refractivity contribution in [3.05, 3.63) is 11.1 Å². The molecule has 1 aromatic heterocycles. The maximum atomic E-state index is 5.36. The van der Waals surface area contributed by atoms with Gasteiger partial charge < -0.3 is 15.0 Å². The highest BCUT2D eigenvalue weighted by Gasteiger charge is 2.23. The summed E-state index contributed by atoms with van der Waals surface area (Å²) in [5.41, 5.74) is 0. The average Bonchev–Trinajstić information content (AvgIpc) is 2.94. The smallest absolute Gasteiger partial charge is 0.185 e. The van der Waals surface area contributed by atoms with Gasteiger partial charge in [0.25, 0.3) is 0 Å². The van der Waals surface area contributed by atoms with Crippen LogP contribution in [0.2, 0.25) is 0 Å². The molecule has 0 saturated carbocycles.